The number of methoxy groups -OCH3 is 2. The maximum absolute atomic E-state index is 13.3. The highest BCUT2D eigenvalue weighted by Crippen LogP contribution is 2.26. The largest absolute Gasteiger partial charge is 0.465 e. The number of piperidine rings is 1. The number of amides is 1. The zero-order valence-corrected chi connectivity index (χ0v) is 19.4. The molecule has 2 aromatic rings. The topological polar surface area (TPSA) is 132 Å². The zero-order chi connectivity index (χ0) is 23.5. The molecule has 0 spiro atoms. The third-order valence-corrected chi connectivity index (χ3v) is 8.03. The number of benzene rings is 1. The number of hydrogen-bond acceptors (Lipinski definition) is 9. The molecule has 10 nitrogen and oxygen atoms in total. The summed E-state index contributed by atoms with van der Waals surface area (Å²) in [6.45, 7) is 2.03. The van der Waals surface area contributed by atoms with Crippen molar-refractivity contribution >= 4 is 39.2 Å². The smallest absolute Gasteiger partial charge is 0.339 e. The van der Waals surface area contributed by atoms with E-state index in [0.717, 1.165) is 13.2 Å². The van der Waals surface area contributed by atoms with Crippen molar-refractivity contribution in [3.8, 4) is 0 Å². The molecular formula is C20H23N3O7S2. The van der Waals surface area contributed by atoms with Crippen LogP contribution in [0.5, 0.6) is 0 Å². The van der Waals surface area contributed by atoms with Crippen molar-refractivity contribution in [2.75, 3.05) is 27.3 Å². The van der Waals surface area contributed by atoms with Crippen molar-refractivity contribution < 1.29 is 32.3 Å². The lowest BCUT2D eigenvalue weighted by Gasteiger charge is -2.32. The molecule has 12 heteroatoms. The molecule has 172 valence electrons. The fraction of sp³-hybridized carbons (Fsp3) is 0.400. The molecule has 32 heavy (non-hydrogen) atoms. The molecule has 0 saturated carbocycles. The van der Waals surface area contributed by atoms with Gasteiger partial charge in [0.2, 0.25) is 10.0 Å². The summed E-state index contributed by atoms with van der Waals surface area (Å²) in [7, 11) is -1.79. The van der Waals surface area contributed by atoms with Gasteiger partial charge in [-0.05, 0) is 38.0 Å². The quantitative estimate of drug-likeness (QED) is 0.616. The molecule has 0 radical (unpaired) electrons. The van der Waals surface area contributed by atoms with E-state index in [4.69, 9.17) is 4.74 Å². The van der Waals surface area contributed by atoms with Crippen molar-refractivity contribution in [2.45, 2.75) is 30.7 Å². The summed E-state index contributed by atoms with van der Waals surface area (Å²) in [5.41, 5.74) is 2.08. The number of aromatic nitrogens is 1. The lowest BCUT2D eigenvalue weighted by Crippen LogP contribution is -2.46. The molecule has 0 atom stereocenters. The van der Waals surface area contributed by atoms with E-state index < -0.39 is 22.0 Å². The molecular weight excluding hydrogens is 458 g/mol. The van der Waals surface area contributed by atoms with E-state index in [9.17, 15) is 22.8 Å². The van der Waals surface area contributed by atoms with Gasteiger partial charge in [-0.15, -0.1) is 11.3 Å². The highest BCUT2D eigenvalue weighted by molar-refractivity contribution is 7.89. The number of esters is 2. The average molecular weight is 482 g/mol. The molecule has 1 N–H and O–H groups in total. The van der Waals surface area contributed by atoms with Crippen molar-refractivity contribution in [1.29, 1.82) is 0 Å². The molecule has 0 aliphatic carbocycles. The third kappa shape index (κ3) is 4.81. The molecule has 0 unspecified atom stereocenters. The van der Waals surface area contributed by atoms with Gasteiger partial charge in [-0.1, -0.05) is 0 Å². The van der Waals surface area contributed by atoms with E-state index in [1.54, 1.807) is 12.4 Å². The summed E-state index contributed by atoms with van der Waals surface area (Å²) in [5.74, 6) is -1.79. The van der Waals surface area contributed by atoms with Crippen LogP contribution >= 0.6 is 11.3 Å². The molecule has 1 aromatic heterocycles. The number of aryl methyl sites for hydroxylation is 1. The number of thiazole rings is 1. The minimum absolute atomic E-state index is 0.000745. The van der Waals surface area contributed by atoms with Crippen LogP contribution in [0.1, 0.15) is 48.9 Å². The van der Waals surface area contributed by atoms with E-state index in [0.29, 0.717) is 23.4 Å². The van der Waals surface area contributed by atoms with Crippen LogP contribution in [0.15, 0.2) is 28.6 Å². The van der Waals surface area contributed by atoms with Gasteiger partial charge in [-0.3, -0.25) is 4.79 Å². The highest BCUT2D eigenvalue weighted by atomic mass is 32.2. The van der Waals surface area contributed by atoms with Gasteiger partial charge in [0.1, 0.15) is 4.88 Å². The number of rotatable bonds is 6. The van der Waals surface area contributed by atoms with Crippen molar-refractivity contribution in [1.82, 2.24) is 14.6 Å². The van der Waals surface area contributed by atoms with Crippen LogP contribution < -0.4 is 5.32 Å². The molecule has 1 aliphatic heterocycles. The van der Waals surface area contributed by atoms with Gasteiger partial charge in [0.25, 0.3) is 5.91 Å². The first kappa shape index (κ1) is 23.8. The van der Waals surface area contributed by atoms with Gasteiger partial charge in [0.05, 0.1) is 41.4 Å². The Morgan fingerprint density at radius 3 is 2.34 bits per heavy atom. The Bertz CT molecular complexity index is 1140. The Kier molecular flexibility index (Phi) is 7.26. The number of ether oxygens (including phenoxy) is 2. The van der Waals surface area contributed by atoms with Crippen LogP contribution in [-0.4, -0.2) is 68.9 Å². The Balaban J connectivity index is 1.79. The van der Waals surface area contributed by atoms with E-state index in [-0.39, 0.29) is 41.1 Å². The molecule has 1 amide bonds. The zero-order valence-electron chi connectivity index (χ0n) is 17.8. The van der Waals surface area contributed by atoms with Crippen molar-refractivity contribution in [2.24, 2.45) is 0 Å². The van der Waals surface area contributed by atoms with E-state index >= 15 is 0 Å². The number of nitrogens with zero attached hydrogens (tertiary/aromatic N) is 2. The molecule has 2 heterocycles. The van der Waals surface area contributed by atoms with Gasteiger partial charge in [-0.25, -0.2) is 23.0 Å². The van der Waals surface area contributed by atoms with Gasteiger partial charge in [-0.2, -0.15) is 4.31 Å². The minimum Gasteiger partial charge on any atom is -0.465 e. The molecule has 0 bridgehead atoms. The lowest BCUT2D eigenvalue weighted by atomic mass is 10.1. The standard InChI is InChI=1S/C20H23N3O7S2/c1-12-17(31-11-21-12)18(24)22-14-6-8-23(9-7-14)32(27,28)16-10-13(19(25)29-2)4-5-15(16)20(26)30-3/h4-5,10-11,14H,6-9H2,1-3H3,(H,22,24). The first-order valence-corrected chi connectivity index (χ1v) is 12.0. The van der Waals surface area contributed by atoms with Gasteiger partial charge < -0.3 is 14.8 Å². The summed E-state index contributed by atoms with van der Waals surface area (Å²) < 4.78 is 37.2. The third-order valence-electron chi connectivity index (χ3n) is 5.17. The van der Waals surface area contributed by atoms with Crippen molar-refractivity contribution in [3.05, 3.63) is 45.4 Å². The van der Waals surface area contributed by atoms with E-state index in [1.165, 1.54) is 34.9 Å². The second kappa shape index (κ2) is 9.76. The van der Waals surface area contributed by atoms with Crippen LogP contribution in [-0.2, 0) is 19.5 Å². The fourth-order valence-corrected chi connectivity index (χ4v) is 5.79. The van der Waals surface area contributed by atoms with Gasteiger partial charge >= 0.3 is 11.9 Å². The first-order chi connectivity index (χ1) is 15.2. The lowest BCUT2D eigenvalue weighted by molar-refractivity contribution is 0.0583. The summed E-state index contributed by atoms with van der Waals surface area (Å²) in [4.78, 5) is 40.7. The predicted octanol–water partition coefficient (Wildman–Crippen LogP) is 1.61. The number of sulfonamides is 1. The summed E-state index contributed by atoms with van der Waals surface area (Å²) in [6.07, 6.45) is 0.792. The monoisotopic (exact) mass is 481 g/mol. The van der Waals surface area contributed by atoms with Crippen LogP contribution in [0.3, 0.4) is 0 Å². The maximum Gasteiger partial charge on any atom is 0.339 e. The van der Waals surface area contributed by atoms with Crippen LogP contribution in [0.25, 0.3) is 0 Å². The molecule has 1 fully saturated rings. The summed E-state index contributed by atoms with van der Waals surface area (Å²) in [6, 6.07) is 3.46. The molecule has 3 rings (SSSR count). The number of carbonyl (C=O) groups excluding carboxylic acids is 3. The number of hydrogen-bond donors (Lipinski definition) is 1. The number of nitrogens with one attached hydrogen (secondary N) is 1. The maximum atomic E-state index is 13.3. The molecule has 1 aliphatic rings. The van der Waals surface area contributed by atoms with Crippen LogP contribution in [0, 0.1) is 6.92 Å². The second-order valence-corrected chi connectivity index (χ2v) is 9.87. The highest BCUT2D eigenvalue weighted by Gasteiger charge is 2.34. The molecule has 1 saturated heterocycles. The SMILES string of the molecule is COC(=O)c1ccc(C(=O)OC)c(S(=O)(=O)N2CCC(NC(=O)c3scnc3C)CC2)c1. The fourth-order valence-electron chi connectivity index (χ4n) is 3.41. The Labute approximate surface area is 189 Å². The Morgan fingerprint density at radius 2 is 1.78 bits per heavy atom. The van der Waals surface area contributed by atoms with E-state index in [1.807, 2.05) is 0 Å². The Morgan fingerprint density at radius 1 is 1.12 bits per heavy atom. The summed E-state index contributed by atoms with van der Waals surface area (Å²) in [5, 5.41) is 2.92. The minimum atomic E-state index is -4.11. The van der Waals surface area contributed by atoms with Crippen molar-refractivity contribution in [3.63, 3.8) is 0 Å². The second-order valence-electron chi connectivity index (χ2n) is 7.11. The van der Waals surface area contributed by atoms with Gasteiger partial charge in [0, 0.05) is 19.1 Å². The number of carbonyl (C=O) groups is 3. The average Bonchev–Trinajstić information content (AvgIpc) is 3.24. The Hall–Kier alpha value is -2.83. The van der Waals surface area contributed by atoms with Gasteiger partial charge in [0.15, 0.2) is 0 Å². The first-order valence-electron chi connectivity index (χ1n) is 9.70. The summed E-state index contributed by atoms with van der Waals surface area (Å²) >= 11 is 1.25. The van der Waals surface area contributed by atoms with Crippen LogP contribution in [0.2, 0.25) is 0 Å². The van der Waals surface area contributed by atoms with Crippen LogP contribution in [0.4, 0.5) is 0 Å². The molecule has 1 aromatic carbocycles. The predicted molar refractivity (Wildman–Crippen MR) is 115 cm³/mol. The van der Waals surface area contributed by atoms with E-state index in [2.05, 4.69) is 15.0 Å². The normalized spacial score (nSPS) is 15.2.